The average molecular weight is 196 g/mol. The van der Waals surface area contributed by atoms with E-state index in [0.717, 1.165) is 44.9 Å². The number of rotatable bonds is 1. The van der Waals surface area contributed by atoms with Crippen LogP contribution in [0, 0.1) is 0 Å². The molecule has 0 bridgehead atoms. The van der Waals surface area contributed by atoms with Crippen molar-refractivity contribution in [3.8, 4) is 0 Å². The van der Waals surface area contributed by atoms with E-state index in [1.165, 1.54) is 0 Å². The van der Waals surface area contributed by atoms with E-state index in [1.54, 1.807) is 0 Å². The fourth-order valence-electron chi connectivity index (χ4n) is 1.74. The van der Waals surface area contributed by atoms with E-state index in [9.17, 15) is 4.79 Å². The number of hydrogen-bond acceptors (Lipinski definition) is 4. The summed E-state index contributed by atoms with van der Waals surface area (Å²) in [6.45, 7) is 2.48. The molecule has 3 N–H and O–H groups in total. The second-order valence-electron chi connectivity index (χ2n) is 3.64. The van der Waals surface area contributed by atoms with Gasteiger partial charge in [-0.3, -0.25) is 9.79 Å². The lowest BCUT2D eigenvalue weighted by atomic mass is 10.1. The van der Waals surface area contributed by atoms with Gasteiger partial charge in [-0.2, -0.15) is 0 Å². The minimum atomic E-state index is -0.109. The average Bonchev–Trinajstić information content (AvgIpc) is 2.60. The Balaban J connectivity index is 1.90. The maximum Gasteiger partial charge on any atom is 0.242 e. The minimum Gasteiger partial charge on any atom is -0.355 e. The Morgan fingerprint density at radius 1 is 1.29 bits per heavy atom. The monoisotopic (exact) mass is 196 g/mol. The first-order chi connectivity index (χ1) is 6.86. The highest BCUT2D eigenvalue weighted by atomic mass is 16.2. The third-order valence-corrected chi connectivity index (χ3v) is 2.52. The Bertz CT molecular complexity index is 251. The molecule has 1 atom stereocenters. The number of nitrogens with zero attached hydrogens (tertiary/aromatic N) is 1. The number of carbonyl (C=O) groups is 1. The van der Waals surface area contributed by atoms with Crippen molar-refractivity contribution in [1.82, 2.24) is 16.0 Å². The van der Waals surface area contributed by atoms with Gasteiger partial charge in [0.2, 0.25) is 5.91 Å². The number of hydrogen-bond donors (Lipinski definition) is 3. The minimum absolute atomic E-state index is 0.0962. The van der Waals surface area contributed by atoms with Crippen LogP contribution in [0.1, 0.15) is 19.3 Å². The first-order valence-corrected chi connectivity index (χ1v) is 5.19. The Labute approximate surface area is 83.4 Å². The molecule has 0 radical (unpaired) electrons. The van der Waals surface area contributed by atoms with Crippen LogP contribution in [-0.4, -0.2) is 37.5 Å². The van der Waals surface area contributed by atoms with E-state index < -0.39 is 0 Å². The third-order valence-electron chi connectivity index (χ3n) is 2.52. The molecule has 1 saturated heterocycles. The highest BCUT2D eigenvalue weighted by Crippen LogP contribution is 2.05. The number of aliphatic imine (C=N–C) groups is 1. The summed E-state index contributed by atoms with van der Waals surface area (Å²) >= 11 is 0. The fraction of sp³-hybridized carbons (Fsp3) is 0.778. The zero-order valence-electron chi connectivity index (χ0n) is 8.18. The van der Waals surface area contributed by atoms with Crippen LogP contribution in [0.5, 0.6) is 0 Å². The number of carbonyl (C=O) groups excluding carboxylic acids is 1. The maximum atomic E-state index is 11.5. The van der Waals surface area contributed by atoms with E-state index in [1.807, 2.05) is 0 Å². The zero-order chi connectivity index (χ0) is 9.80. The van der Waals surface area contributed by atoms with Gasteiger partial charge < -0.3 is 16.0 Å². The molecule has 0 aliphatic carbocycles. The number of amides is 1. The molecule has 2 aliphatic rings. The summed E-state index contributed by atoms with van der Waals surface area (Å²) in [6, 6.07) is -0.109. The molecule has 2 aliphatic heterocycles. The summed E-state index contributed by atoms with van der Waals surface area (Å²) < 4.78 is 0. The fourth-order valence-corrected chi connectivity index (χ4v) is 1.74. The van der Waals surface area contributed by atoms with Gasteiger partial charge >= 0.3 is 0 Å². The van der Waals surface area contributed by atoms with Crippen molar-refractivity contribution < 1.29 is 4.79 Å². The van der Waals surface area contributed by atoms with Crippen molar-refractivity contribution >= 4 is 11.9 Å². The highest BCUT2D eigenvalue weighted by Gasteiger charge is 2.21. The summed E-state index contributed by atoms with van der Waals surface area (Å²) in [4.78, 5) is 15.8. The summed E-state index contributed by atoms with van der Waals surface area (Å²) in [5.74, 6) is 0.867. The van der Waals surface area contributed by atoms with Crippen LogP contribution in [0.15, 0.2) is 4.99 Å². The second-order valence-corrected chi connectivity index (χ2v) is 3.64. The van der Waals surface area contributed by atoms with E-state index >= 15 is 0 Å². The Morgan fingerprint density at radius 2 is 2.21 bits per heavy atom. The summed E-state index contributed by atoms with van der Waals surface area (Å²) in [5, 5.41) is 9.12. The van der Waals surface area contributed by atoms with Gasteiger partial charge in [0.05, 0.1) is 6.54 Å². The normalized spacial score (nSPS) is 27.3. The van der Waals surface area contributed by atoms with Crippen LogP contribution in [-0.2, 0) is 4.79 Å². The van der Waals surface area contributed by atoms with Gasteiger partial charge in [0, 0.05) is 13.1 Å². The van der Waals surface area contributed by atoms with Gasteiger partial charge in [0.15, 0.2) is 5.96 Å². The van der Waals surface area contributed by atoms with Crippen molar-refractivity contribution in [1.29, 1.82) is 0 Å². The highest BCUT2D eigenvalue weighted by molar-refractivity contribution is 5.89. The first kappa shape index (κ1) is 9.30. The van der Waals surface area contributed by atoms with E-state index in [2.05, 4.69) is 20.9 Å². The van der Waals surface area contributed by atoms with E-state index in [-0.39, 0.29) is 11.9 Å². The lowest BCUT2D eigenvalue weighted by molar-refractivity contribution is -0.122. The SMILES string of the molecule is O=C1NCCCCC1NC1=NCCN1. The molecule has 1 unspecified atom stereocenters. The van der Waals surface area contributed by atoms with Gasteiger partial charge in [-0.15, -0.1) is 0 Å². The number of nitrogens with one attached hydrogen (secondary N) is 3. The van der Waals surface area contributed by atoms with Crippen molar-refractivity contribution in [3.63, 3.8) is 0 Å². The molecule has 2 rings (SSSR count). The molecule has 2 heterocycles. The predicted octanol–water partition coefficient (Wildman–Crippen LogP) is -0.796. The van der Waals surface area contributed by atoms with Gasteiger partial charge in [0.25, 0.3) is 0 Å². The lowest BCUT2D eigenvalue weighted by Crippen LogP contribution is -2.48. The van der Waals surface area contributed by atoms with Crippen molar-refractivity contribution in [2.45, 2.75) is 25.3 Å². The van der Waals surface area contributed by atoms with Crippen molar-refractivity contribution in [3.05, 3.63) is 0 Å². The standard InChI is InChI=1S/C9H16N4O/c14-8-7(3-1-2-4-10-8)13-9-11-5-6-12-9/h7H,1-6H2,(H,10,14)(H2,11,12,13). The molecular formula is C9H16N4O. The summed E-state index contributed by atoms with van der Waals surface area (Å²) in [7, 11) is 0. The molecule has 0 aromatic heterocycles. The van der Waals surface area contributed by atoms with Gasteiger partial charge in [0.1, 0.15) is 6.04 Å². The Kier molecular flexibility index (Phi) is 2.86. The summed E-state index contributed by atoms with van der Waals surface area (Å²) in [6.07, 6.45) is 3.06. The van der Waals surface area contributed by atoms with Crippen molar-refractivity contribution in [2.24, 2.45) is 4.99 Å². The molecule has 0 aromatic carbocycles. The molecule has 0 saturated carbocycles. The molecule has 14 heavy (non-hydrogen) atoms. The topological polar surface area (TPSA) is 65.5 Å². The van der Waals surface area contributed by atoms with Crippen LogP contribution in [0.3, 0.4) is 0 Å². The molecule has 5 heteroatoms. The molecular weight excluding hydrogens is 180 g/mol. The molecule has 1 fully saturated rings. The first-order valence-electron chi connectivity index (χ1n) is 5.19. The maximum absolute atomic E-state index is 11.5. The largest absolute Gasteiger partial charge is 0.355 e. The quantitative estimate of drug-likeness (QED) is 0.514. The molecule has 0 spiro atoms. The van der Waals surface area contributed by atoms with Crippen molar-refractivity contribution in [2.75, 3.05) is 19.6 Å². The van der Waals surface area contributed by atoms with Crippen LogP contribution in [0.2, 0.25) is 0 Å². The molecule has 5 nitrogen and oxygen atoms in total. The van der Waals surface area contributed by atoms with Crippen LogP contribution in [0.25, 0.3) is 0 Å². The predicted molar refractivity (Wildman–Crippen MR) is 54.1 cm³/mol. The van der Waals surface area contributed by atoms with Crippen LogP contribution >= 0.6 is 0 Å². The summed E-state index contributed by atoms with van der Waals surface area (Å²) in [5.41, 5.74) is 0. The number of guanidine groups is 1. The smallest absolute Gasteiger partial charge is 0.242 e. The van der Waals surface area contributed by atoms with Gasteiger partial charge in [-0.25, -0.2) is 0 Å². The Hall–Kier alpha value is -1.26. The van der Waals surface area contributed by atoms with E-state index in [4.69, 9.17) is 0 Å². The van der Waals surface area contributed by atoms with Crippen LogP contribution < -0.4 is 16.0 Å². The van der Waals surface area contributed by atoms with E-state index in [0.29, 0.717) is 0 Å². The van der Waals surface area contributed by atoms with Gasteiger partial charge in [-0.05, 0) is 19.3 Å². The molecule has 1 amide bonds. The van der Waals surface area contributed by atoms with Crippen LogP contribution in [0.4, 0.5) is 0 Å². The molecule has 78 valence electrons. The lowest BCUT2D eigenvalue weighted by Gasteiger charge is -2.15. The Morgan fingerprint density at radius 3 is 3.00 bits per heavy atom. The molecule has 0 aromatic rings. The third kappa shape index (κ3) is 2.16. The zero-order valence-corrected chi connectivity index (χ0v) is 8.18. The van der Waals surface area contributed by atoms with Gasteiger partial charge in [-0.1, -0.05) is 0 Å². The second kappa shape index (κ2) is 4.30.